The number of hydrogen-bond acceptors (Lipinski definition) is 4. The highest BCUT2D eigenvalue weighted by atomic mass is 16.5. The third kappa shape index (κ3) is 6.45. The summed E-state index contributed by atoms with van der Waals surface area (Å²) < 4.78 is 11.1. The molecule has 2 saturated carbocycles. The Bertz CT molecular complexity index is 379. The van der Waals surface area contributed by atoms with Gasteiger partial charge in [-0.2, -0.15) is 0 Å². The van der Waals surface area contributed by atoms with Gasteiger partial charge in [0.15, 0.2) is 0 Å². The van der Waals surface area contributed by atoms with Crippen molar-refractivity contribution in [1.82, 2.24) is 0 Å². The Balaban J connectivity index is 1.61. The monoisotopic (exact) mass is 338 g/mol. The lowest BCUT2D eigenvalue weighted by Crippen LogP contribution is -2.31. The molecule has 0 aliphatic heterocycles. The zero-order chi connectivity index (χ0) is 17.2. The first-order valence-corrected chi connectivity index (χ1v) is 10.1. The van der Waals surface area contributed by atoms with Crippen molar-refractivity contribution in [3.8, 4) is 0 Å². The average Bonchev–Trinajstić information content (AvgIpc) is 2.62. The summed E-state index contributed by atoms with van der Waals surface area (Å²) in [5.41, 5.74) is 0. The fourth-order valence-electron chi connectivity index (χ4n) is 3.83. The van der Waals surface area contributed by atoms with Gasteiger partial charge in [0.2, 0.25) is 0 Å². The average molecular weight is 338 g/mol. The number of carbonyl (C=O) groups is 2. The Morgan fingerprint density at radius 3 is 2.04 bits per heavy atom. The second-order valence-electron chi connectivity index (χ2n) is 7.47. The van der Waals surface area contributed by atoms with E-state index in [4.69, 9.17) is 9.47 Å². The summed E-state index contributed by atoms with van der Waals surface area (Å²) in [7, 11) is 0. The van der Waals surface area contributed by atoms with Crippen molar-refractivity contribution >= 4 is 11.9 Å². The molecule has 0 aromatic heterocycles. The summed E-state index contributed by atoms with van der Waals surface area (Å²) in [6.45, 7) is 2.71. The Hall–Kier alpha value is -1.06. The molecule has 0 bridgehead atoms. The molecule has 2 aliphatic rings. The molecule has 0 aromatic rings. The molecule has 0 aromatic carbocycles. The van der Waals surface area contributed by atoms with Crippen molar-refractivity contribution in [2.24, 2.45) is 11.8 Å². The number of hydrogen-bond donors (Lipinski definition) is 0. The van der Waals surface area contributed by atoms with E-state index < -0.39 is 0 Å². The van der Waals surface area contributed by atoms with Gasteiger partial charge in [-0.05, 0) is 57.8 Å². The van der Waals surface area contributed by atoms with Gasteiger partial charge in [0.25, 0.3) is 0 Å². The maximum absolute atomic E-state index is 12.3. The van der Waals surface area contributed by atoms with Crippen LogP contribution in [0.2, 0.25) is 0 Å². The Labute approximate surface area is 146 Å². The standard InChI is InChI=1S/C20H34O4/c1-2-3-4-8-15-23-19(21)16-11-13-17(14-12-16)20(22)24-18-9-6-5-7-10-18/h16-18H,2-15H2,1H3. The maximum atomic E-state index is 12.3. The van der Waals surface area contributed by atoms with Gasteiger partial charge in [0.05, 0.1) is 18.4 Å². The molecule has 4 heteroatoms. The molecule has 0 unspecified atom stereocenters. The number of carbonyl (C=O) groups excluding carboxylic acids is 2. The van der Waals surface area contributed by atoms with E-state index in [0.29, 0.717) is 6.61 Å². The van der Waals surface area contributed by atoms with Crippen molar-refractivity contribution in [2.45, 2.75) is 96.5 Å². The highest BCUT2D eigenvalue weighted by Gasteiger charge is 2.32. The highest BCUT2D eigenvalue weighted by molar-refractivity contribution is 5.75. The van der Waals surface area contributed by atoms with Crippen molar-refractivity contribution < 1.29 is 19.1 Å². The van der Waals surface area contributed by atoms with Crippen molar-refractivity contribution in [2.75, 3.05) is 6.61 Å². The molecule has 0 radical (unpaired) electrons. The molecular formula is C20H34O4. The van der Waals surface area contributed by atoms with Crippen LogP contribution < -0.4 is 0 Å². The summed E-state index contributed by atoms with van der Waals surface area (Å²) in [6.07, 6.45) is 13.3. The van der Waals surface area contributed by atoms with E-state index in [-0.39, 0.29) is 29.9 Å². The van der Waals surface area contributed by atoms with Crippen LogP contribution in [-0.2, 0) is 19.1 Å². The second kappa shape index (κ2) is 10.7. The van der Waals surface area contributed by atoms with Gasteiger partial charge in [-0.25, -0.2) is 0 Å². The molecule has 0 spiro atoms. The molecule has 138 valence electrons. The maximum Gasteiger partial charge on any atom is 0.309 e. The quantitative estimate of drug-likeness (QED) is 0.471. The summed E-state index contributed by atoms with van der Waals surface area (Å²) in [6, 6.07) is 0. The molecule has 2 aliphatic carbocycles. The smallest absolute Gasteiger partial charge is 0.309 e. The Morgan fingerprint density at radius 1 is 0.792 bits per heavy atom. The summed E-state index contributed by atoms with van der Waals surface area (Å²) in [4.78, 5) is 24.4. The van der Waals surface area contributed by atoms with E-state index >= 15 is 0 Å². The first kappa shape index (κ1) is 19.3. The van der Waals surface area contributed by atoms with E-state index in [1.807, 2.05) is 0 Å². The third-order valence-electron chi connectivity index (χ3n) is 5.47. The predicted molar refractivity (Wildman–Crippen MR) is 93.5 cm³/mol. The lowest BCUT2D eigenvalue weighted by Gasteiger charge is -2.28. The Morgan fingerprint density at radius 2 is 1.42 bits per heavy atom. The van der Waals surface area contributed by atoms with Crippen LogP contribution in [0.3, 0.4) is 0 Å². The topological polar surface area (TPSA) is 52.6 Å². The van der Waals surface area contributed by atoms with Crippen LogP contribution >= 0.6 is 0 Å². The van der Waals surface area contributed by atoms with E-state index in [1.165, 1.54) is 32.1 Å². The minimum Gasteiger partial charge on any atom is -0.465 e. The zero-order valence-corrected chi connectivity index (χ0v) is 15.3. The molecule has 0 N–H and O–H groups in total. The van der Waals surface area contributed by atoms with Crippen LogP contribution in [0.15, 0.2) is 0 Å². The highest BCUT2D eigenvalue weighted by Crippen LogP contribution is 2.31. The lowest BCUT2D eigenvalue weighted by molar-refractivity contribution is -0.159. The minimum atomic E-state index is -0.0643. The number of unbranched alkanes of at least 4 members (excludes halogenated alkanes) is 3. The van der Waals surface area contributed by atoms with Crippen LogP contribution in [-0.4, -0.2) is 24.6 Å². The molecule has 24 heavy (non-hydrogen) atoms. The van der Waals surface area contributed by atoms with E-state index in [1.54, 1.807) is 0 Å². The van der Waals surface area contributed by atoms with Gasteiger partial charge >= 0.3 is 11.9 Å². The minimum absolute atomic E-state index is 0.0134. The lowest BCUT2D eigenvalue weighted by atomic mass is 9.82. The molecule has 0 saturated heterocycles. The van der Waals surface area contributed by atoms with Crippen LogP contribution in [0.4, 0.5) is 0 Å². The van der Waals surface area contributed by atoms with Crippen molar-refractivity contribution in [3.05, 3.63) is 0 Å². The van der Waals surface area contributed by atoms with Gasteiger partial charge in [-0.1, -0.05) is 32.6 Å². The summed E-state index contributed by atoms with van der Waals surface area (Å²) >= 11 is 0. The molecule has 2 fully saturated rings. The van der Waals surface area contributed by atoms with Gasteiger partial charge < -0.3 is 9.47 Å². The summed E-state index contributed by atoms with van der Waals surface area (Å²) in [5, 5.41) is 0. The van der Waals surface area contributed by atoms with Crippen molar-refractivity contribution in [3.63, 3.8) is 0 Å². The number of ether oxygens (including phenoxy) is 2. The van der Waals surface area contributed by atoms with Crippen molar-refractivity contribution in [1.29, 1.82) is 0 Å². The summed E-state index contributed by atoms with van der Waals surface area (Å²) in [5.74, 6) is -0.130. The normalized spacial score (nSPS) is 25.2. The Kier molecular flexibility index (Phi) is 8.62. The number of rotatable bonds is 8. The van der Waals surface area contributed by atoms with E-state index in [2.05, 4.69) is 6.92 Å². The largest absolute Gasteiger partial charge is 0.465 e. The van der Waals surface area contributed by atoms with Crippen LogP contribution in [0.1, 0.15) is 90.4 Å². The fourth-order valence-corrected chi connectivity index (χ4v) is 3.83. The predicted octanol–water partition coefficient (Wildman–Crippen LogP) is 4.79. The first-order valence-electron chi connectivity index (χ1n) is 10.1. The van der Waals surface area contributed by atoms with Crippen LogP contribution in [0.5, 0.6) is 0 Å². The molecule has 0 amide bonds. The van der Waals surface area contributed by atoms with Gasteiger partial charge in [0, 0.05) is 0 Å². The molecular weight excluding hydrogens is 304 g/mol. The van der Waals surface area contributed by atoms with E-state index in [9.17, 15) is 9.59 Å². The third-order valence-corrected chi connectivity index (χ3v) is 5.47. The molecule has 0 heterocycles. The first-order chi connectivity index (χ1) is 11.7. The van der Waals surface area contributed by atoms with Crippen LogP contribution in [0, 0.1) is 11.8 Å². The second-order valence-corrected chi connectivity index (χ2v) is 7.47. The zero-order valence-electron chi connectivity index (χ0n) is 15.3. The molecule has 2 rings (SSSR count). The SMILES string of the molecule is CCCCCCOC(=O)C1CCC(C(=O)OC2CCCCC2)CC1. The van der Waals surface area contributed by atoms with E-state index in [0.717, 1.165) is 51.4 Å². The fraction of sp³-hybridized carbons (Fsp3) is 0.900. The van der Waals surface area contributed by atoms with Gasteiger partial charge in [-0.15, -0.1) is 0 Å². The van der Waals surface area contributed by atoms with Crippen LogP contribution in [0.25, 0.3) is 0 Å². The van der Waals surface area contributed by atoms with Gasteiger partial charge in [-0.3, -0.25) is 9.59 Å². The molecule has 0 atom stereocenters. The van der Waals surface area contributed by atoms with Gasteiger partial charge in [0.1, 0.15) is 6.10 Å². The molecule has 4 nitrogen and oxygen atoms in total. The number of esters is 2.